The Morgan fingerprint density at radius 1 is 1.27 bits per heavy atom. The van der Waals surface area contributed by atoms with E-state index in [1.54, 1.807) is 0 Å². The van der Waals surface area contributed by atoms with Crippen LogP contribution in [0.1, 0.15) is 41.7 Å². The SMILES string of the molecule is Nc1nnc(CCN2CC[C@@H](n3cnc4c3CCCC4)C2)s1. The molecular weight excluding hydrogens is 296 g/mol. The molecule has 0 saturated carbocycles. The Hall–Kier alpha value is -1.47. The number of likely N-dealkylation sites (tertiary alicyclic amines) is 1. The molecule has 0 spiro atoms. The van der Waals surface area contributed by atoms with Gasteiger partial charge in [0, 0.05) is 37.8 Å². The predicted octanol–water partition coefficient (Wildman–Crippen LogP) is 1.69. The molecule has 1 atom stereocenters. The molecule has 2 aliphatic rings. The van der Waals surface area contributed by atoms with Crippen molar-refractivity contribution in [3.8, 4) is 0 Å². The Balaban J connectivity index is 1.37. The molecule has 3 heterocycles. The summed E-state index contributed by atoms with van der Waals surface area (Å²) < 4.78 is 2.46. The largest absolute Gasteiger partial charge is 0.374 e. The lowest BCUT2D eigenvalue weighted by Crippen LogP contribution is -2.24. The van der Waals surface area contributed by atoms with Crippen LogP contribution in [0.5, 0.6) is 0 Å². The maximum atomic E-state index is 5.63. The van der Waals surface area contributed by atoms with Gasteiger partial charge in [0.2, 0.25) is 5.13 Å². The van der Waals surface area contributed by atoms with Gasteiger partial charge in [-0.25, -0.2) is 4.98 Å². The van der Waals surface area contributed by atoms with E-state index in [1.807, 2.05) is 0 Å². The minimum absolute atomic E-state index is 0.569. The molecule has 0 amide bonds. The number of nitrogen functional groups attached to an aromatic ring is 1. The number of anilines is 1. The highest BCUT2D eigenvalue weighted by molar-refractivity contribution is 7.15. The van der Waals surface area contributed by atoms with E-state index < -0.39 is 0 Å². The highest BCUT2D eigenvalue weighted by Crippen LogP contribution is 2.28. The van der Waals surface area contributed by atoms with Gasteiger partial charge >= 0.3 is 0 Å². The van der Waals surface area contributed by atoms with Gasteiger partial charge in [-0.2, -0.15) is 0 Å². The quantitative estimate of drug-likeness (QED) is 0.928. The molecule has 0 unspecified atom stereocenters. The Bertz CT molecular complexity index is 648. The van der Waals surface area contributed by atoms with Crippen LogP contribution >= 0.6 is 11.3 Å². The van der Waals surface area contributed by atoms with Crippen molar-refractivity contribution in [1.82, 2.24) is 24.6 Å². The van der Waals surface area contributed by atoms with Crippen molar-refractivity contribution in [2.45, 2.75) is 44.6 Å². The molecule has 7 heteroatoms. The minimum Gasteiger partial charge on any atom is -0.374 e. The number of aromatic nitrogens is 4. The molecule has 1 saturated heterocycles. The monoisotopic (exact) mass is 318 g/mol. The summed E-state index contributed by atoms with van der Waals surface area (Å²) in [6, 6.07) is 0.592. The fraction of sp³-hybridized carbons (Fsp3) is 0.667. The molecule has 118 valence electrons. The maximum Gasteiger partial charge on any atom is 0.203 e. The van der Waals surface area contributed by atoms with Gasteiger partial charge in [0.1, 0.15) is 5.01 Å². The van der Waals surface area contributed by atoms with Crippen LogP contribution in [0.4, 0.5) is 5.13 Å². The van der Waals surface area contributed by atoms with Gasteiger partial charge in [-0.1, -0.05) is 11.3 Å². The molecule has 2 aromatic rings. The summed E-state index contributed by atoms with van der Waals surface area (Å²) in [6.07, 6.45) is 9.23. The Kier molecular flexibility index (Phi) is 3.83. The normalized spacial score (nSPS) is 22.1. The first-order valence-electron chi connectivity index (χ1n) is 8.14. The second-order valence-corrected chi connectivity index (χ2v) is 7.37. The molecule has 6 nitrogen and oxygen atoms in total. The number of nitrogens with two attached hydrogens (primary N) is 1. The van der Waals surface area contributed by atoms with Crippen LogP contribution in [0.2, 0.25) is 0 Å². The van der Waals surface area contributed by atoms with E-state index in [0.29, 0.717) is 11.2 Å². The van der Waals surface area contributed by atoms with Crippen LogP contribution in [-0.2, 0) is 19.3 Å². The fourth-order valence-electron chi connectivity index (χ4n) is 3.67. The van der Waals surface area contributed by atoms with Crippen LogP contribution in [-0.4, -0.2) is 44.3 Å². The van der Waals surface area contributed by atoms with Gasteiger partial charge < -0.3 is 15.2 Å². The Morgan fingerprint density at radius 3 is 3.05 bits per heavy atom. The number of rotatable bonds is 4. The zero-order valence-electron chi connectivity index (χ0n) is 12.7. The molecule has 1 aliphatic heterocycles. The summed E-state index contributed by atoms with van der Waals surface area (Å²) in [7, 11) is 0. The minimum atomic E-state index is 0.569. The number of fused-ring (bicyclic) bond motifs is 1. The smallest absolute Gasteiger partial charge is 0.203 e. The third kappa shape index (κ3) is 2.75. The second-order valence-electron chi connectivity index (χ2n) is 6.28. The van der Waals surface area contributed by atoms with Gasteiger partial charge in [0.15, 0.2) is 0 Å². The van der Waals surface area contributed by atoms with Gasteiger partial charge in [0.05, 0.1) is 12.0 Å². The first kappa shape index (κ1) is 14.1. The van der Waals surface area contributed by atoms with Crippen LogP contribution in [0.25, 0.3) is 0 Å². The van der Waals surface area contributed by atoms with Crippen LogP contribution in [0, 0.1) is 0 Å². The first-order chi connectivity index (χ1) is 10.8. The van der Waals surface area contributed by atoms with Crippen molar-refractivity contribution in [2.75, 3.05) is 25.4 Å². The average Bonchev–Trinajstić information content (AvgIpc) is 3.23. The molecule has 0 aromatic carbocycles. The van der Waals surface area contributed by atoms with E-state index in [4.69, 9.17) is 5.73 Å². The summed E-state index contributed by atoms with van der Waals surface area (Å²) in [5.41, 5.74) is 8.47. The highest BCUT2D eigenvalue weighted by Gasteiger charge is 2.27. The summed E-state index contributed by atoms with van der Waals surface area (Å²) in [5.74, 6) is 0. The lowest BCUT2D eigenvalue weighted by molar-refractivity contribution is 0.326. The molecule has 22 heavy (non-hydrogen) atoms. The molecule has 1 fully saturated rings. The van der Waals surface area contributed by atoms with Gasteiger partial charge in [0.25, 0.3) is 0 Å². The number of aryl methyl sites for hydroxylation is 1. The molecule has 0 radical (unpaired) electrons. The predicted molar refractivity (Wildman–Crippen MR) is 87.0 cm³/mol. The lowest BCUT2D eigenvalue weighted by Gasteiger charge is -2.20. The van der Waals surface area contributed by atoms with E-state index in [0.717, 1.165) is 37.5 Å². The maximum absolute atomic E-state index is 5.63. The van der Waals surface area contributed by atoms with Crippen molar-refractivity contribution < 1.29 is 0 Å². The number of hydrogen-bond acceptors (Lipinski definition) is 6. The fourth-order valence-corrected chi connectivity index (χ4v) is 4.27. The molecule has 4 rings (SSSR count). The molecule has 0 bridgehead atoms. The molecule has 1 aliphatic carbocycles. The zero-order valence-corrected chi connectivity index (χ0v) is 13.6. The third-order valence-corrected chi connectivity index (χ3v) is 5.64. The van der Waals surface area contributed by atoms with Gasteiger partial charge in [-0.15, -0.1) is 10.2 Å². The average molecular weight is 318 g/mol. The summed E-state index contributed by atoms with van der Waals surface area (Å²) in [6.45, 7) is 3.32. The topological polar surface area (TPSA) is 72.9 Å². The van der Waals surface area contributed by atoms with Crippen molar-refractivity contribution in [3.63, 3.8) is 0 Å². The summed E-state index contributed by atoms with van der Waals surface area (Å²) in [5, 5.41) is 9.60. The van der Waals surface area contributed by atoms with Gasteiger partial charge in [-0.05, 0) is 32.1 Å². The summed E-state index contributed by atoms with van der Waals surface area (Å²) in [4.78, 5) is 7.16. The first-order valence-corrected chi connectivity index (χ1v) is 8.96. The molecule has 2 aromatic heterocycles. The summed E-state index contributed by atoms with van der Waals surface area (Å²) >= 11 is 1.50. The van der Waals surface area contributed by atoms with Crippen molar-refractivity contribution in [2.24, 2.45) is 0 Å². The lowest BCUT2D eigenvalue weighted by atomic mass is 10.0. The Morgan fingerprint density at radius 2 is 2.18 bits per heavy atom. The zero-order chi connectivity index (χ0) is 14.9. The Labute approximate surface area is 134 Å². The highest BCUT2D eigenvalue weighted by atomic mass is 32.1. The van der Waals surface area contributed by atoms with E-state index in [2.05, 4.69) is 31.0 Å². The van der Waals surface area contributed by atoms with E-state index in [-0.39, 0.29) is 0 Å². The van der Waals surface area contributed by atoms with Crippen LogP contribution < -0.4 is 5.73 Å². The van der Waals surface area contributed by atoms with Crippen molar-refractivity contribution >= 4 is 16.5 Å². The van der Waals surface area contributed by atoms with E-state index in [1.165, 1.54) is 48.4 Å². The van der Waals surface area contributed by atoms with Gasteiger partial charge in [-0.3, -0.25) is 0 Å². The second kappa shape index (κ2) is 5.96. The standard InChI is InChI=1S/C15H22N6S/c16-15-19-18-14(22-15)6-8-20-7-5-11(9-20)21-10-17-12-3-1-2-4-13(12)21/h10-11H,1-9H2,(H2,16,19)/t11-/m1/s1. The van der Waals surface area contributed by atoms with Crippen LogP contribution in [0.15, 0.2) is 6.33 Å². The van der Waals surface area contributed by atoms with E-state index in [9.17, 15) is 0 Å². The molecule has 2 N–H and O–H groups in total. The third-order valence-electron chi connectivity index (χ3n) is 4.83. The molecular formula is C15H22N6S. The number of hydrogen-bond donors (Lipinski definition) is 1. The van der Waals surface area contributed by atoms with E-state index >= 15 is 0 Å². The number of imidazole rings is 1. The van der Waals surface area contributed by atoms with Crippen LogP contribution in [0.3, 0.4) is 0 Å². The number of nitrogens with zero attached hydrogens (tertiary/aromatic N) is 5. The van der Waals surface area contributed by atoms with Crippen molar-refractivity contribution in [3.05, 3.63) is 22.7 Å². The van der Waals surface area contributed by atoms with Crippen molar-refractivity contribution in [1.29, 1.82) is 0 Å².